The highest BCUT2D eigenvalue weighted by atomic mass is 35.5. The van der Waals surface area contributed by atoms with Crippen molar-refractivity contribution >= 4 is 34.5 Å². The largest absolute Gasteiger partial charge is 0.486 e. The molecular weight excluding hydrogens is 372 g/mol. The third-order valence-corrected chi connectivity index (χ3v) is 5.42. The maximum atomic E-state index is 12.7. The fraction of sp³-hybridized carbons (Fsp3) is 0.158. The quantitative estimate of drug-likeness (QED) is 0.702. The number of thiazole rings is 1. The SMILES string of the molecule is Cc1nc(-c2ccccc2)sc1C(=O)Nc1cc2c(cc1Cl)OCCO2. The van der Waals surface area contributed by atoms with E-state index in [2.05, 4.69) is 10.3 Å². The van der Waals surface area contributed by atoms with Gasteiger partial charge in [-0.15, -0.1) is 11.3 Å². The summed E-state index contributed by atoms with van der Waals surface area (Å²) in [6.07, 6.45) is 0. The maximum Gasteiger partial charge on any atom is 0.267 e. The van der Waals surface area contributed by atoms with Gasteiger partial charge in [-0.05, 0) is 6.92 Å². The van der Waals surface area contributed by atoms with Gasteiger partial charge in [-0.3, -0.25) is 4.79 Å². The van der Waals surface area contributed by atoms with Gasteiger partial charge in [0.2, 0.25) is 0 Å². The average Bonchev–Trinajstić information content (AvgIpc) is 3.05. The van der Waals surface area contributed by atoms with Gasteiger partial charge in [0, 0.05) is 17.7 Å². The molecule has 1 N–H and O–H groups in total. The molecule has 7 heteroatoms. The van der Waals surface area contributed by atoms with Crippen LogP contribution < -0.4 is 14.8 Å². The molecule has 0 saturated carbocycles. The maximum absolute atomic E-state index is 12.7. The Morgan fingerprint density at radius 1 is 1.15 bits per heavy atom. The van der Waals surface area contributed by atoms with Gasteiger partial charge in [0.1, 0.15) is 23.1 Å². The van der Waals surface area contributed by atoms with E-state index in [1.54, 1.807) is 12.1 Å². The topological polar surface area (TPSA) is 60.5 Å². The summed E-state index contributed by atoms with van der Waals surface area (Å²) in [5, 5.41) is 4.05. The molecule has 26 heavy (non-hydrogen) atoms. The lowest BCUT2D eigenvalue weighted by atomic mass is 10.2. The van der Waals surface area contributed by atoms with E-state index in [0.29, 0.717) is 46.0 Å². The molecule has 4 rings (SSSR count). The van der Waals surface area contributed by atoms with Gasteiger partial charge in [0.15, 0.2) is 11.5 Å². The third-order valence-electron chi connectivity index (χ3n) is 3.90. The van der Waals surface area contributed by atoms with Crippen LogP contribution in [0.3, 0.4) is 0 Å². The first-order valence-corrected chi connectivity index (χ1v) is 9.24. The van der Waals surface area contributed by atoms with E-state index < -0.39 is 0 Å². The number of aromatic nitrogens is 1. The predicted molar refractivity (Wildman–Crippen MR) is 103 cm³/mol. The zero-order chi connectivity index (χ0) is 18.1. The molecule has 0 atom stereocenters. The molecule has 0 fully saturated rings. The summed E-state index contributed by atoms with van der Waals surface area (Å²) in [5.41, 5.74) is 2.15. The molecule has 0 bridgehead atoms. The van der Waals surface area contributed by atoms with Crippen LogP contribution in [0, 0.1) is 6.92 Å². The Labute approximate surface area is 159 Å². The molecule has 0 aliphatic carbocycles. The lowest BCUT2D eigenvalue weighted by molar-refractivity contribution is 0.102. The summed E-state index contributed by atoms with van der Waals surface area (Å²) < 4.78 is 11.0. The van der Waals surface area contributed by atoms with E-state index in [1.165, 1.54) is 11.3 Å². The van der Waals surface area contributed by atoms with Gasteiger partial charge in [0.25, 0.3) is 5.91 Å². The Balaban J connectivity index is 1.60. The lowest BCUT2D eigenvalue weighted by Crippen LogP contribution is -2.16. The zero-order valence-corrected chi connectivity index (χ0v) is 15.5. The van der Waals surface area contributed by atoms with E-state index in [9.17, 15) is 4.79 Å². The number of anilines is 1. The molecule has 0 saturated heterocycles. The molecule has 0 unspecified atom stereocenters. The van der Waals surface area contributed by atoms with E-state index in [0.717, 1.165) is 10.6 Å². The monoisotopic (exact) mass is 386 g/mol. The number of fused-ring (bicyclic) bond motifs is 1. The van der Waals surface area contributed by atoms with Crippen LogP contribution in [0.25, 0.3) is 10.6 Å². The molecule has 1 amide bonds. The number of hydrogen-bond donors (Lipinski definition) is 1. The van der Waals surface area contributed by atoms with Crippen LogP contribution >= 0.6 is 22.9 Å². The number of carbonyl (C=O) groups is 1. The van der Waals surface area contributed by atoms with Gasteiger partial charge < -0.3 is 14.8 Å². The smallest absolute Gasteiger partial charge is 0.267 e. The first-order chi connectivity index (χ1) is 12.6. The summed E-state index contributed by atoms with van der Waals surface area (Å²) in [6, 6.07) is 13.1. The number of carbonyl (C=O) groups excluding carboxylic acids is 1. The first kappa shape index (κ1) is 16.9. The van der Waals surface area contributed by atoms with E-state index in [1.807, 2.05) is 37.3 Å². The Kier molecular flexibility index (Phi) is 4.53. The number of nitrogens with one attached hydrogen (secondary N) is 1. The highest BCUT2D eigenvalue weighted by molar-refractivity contribution is 7.17. The molecule has 5 nitrogen and oxygen atoms in total. The Bertz CT molecular complexity index is 972. The van der Waals surface area contributed by atoms with Crippen LogP contribution in [0.1, 0.15) is 15.4 Å². The molecule has 2 aromatic carbocycles. The Morgan fingerprint density at radius 3 is 2.58 bits per heavy atom. The number of rotatable bonds is 3. The number of benzene rings is 2. The van der Waals surface area contributed by atoms with Crippen LogP contribution in [0.15, 0.2) is 42.5 Å². The second-order valence-corrected chi connectivity index (χ2v) is 7.14. The zero-order valence-electron chi connectivity index (χ0n) is 13.9. The van der Waals surface area contributed by atoms with Gasteiger partial charge in [0.05, 0.1) is 16.4 Å². The van der Waals surface area contributed by atoms with Crippen molar-refractivity contribution in [3.8, 4) is 22.1 Å². The molecule has 0 radical (unpaired) electrons. The fourth-order valence-corrected chi connectivity index (χ4v) is 3.82. The minimum atomic E-state index is -0.249. The number of nitrogens with zero attached hydrogens (tertiary/aromatic N) is 1. The highest BCUT2D eigenvalue weighted by Gasteiger charge is 2.20. The minimum Gasteiger partial charge on any atom is -0.486 e. The van der Waals surface area contributed by atoms with E-state index in [4.69, 9.17) is 21.1 Å². The second kappa shape index (κ2) is 6.97. The molecule has 132 valence electrons. The van der Waals surface area contributed by atoms with Gasteiger partial charge in [-0.25, -0.2) is 4.98 Å². The summed E-state index contributed by atoms with van der Waals surface area (Å²) in [7, 11) is 0. The first-order valence-electron chi connectivity index (χ1n) is 8.05. The molecule has 0 spiro atoms. The van der Waals surface area contributed by atoms with Crippen molar-refractivity contribution in [2.24, 2.45) is 0 Å². The van der Waals surface area contributed by atoms with Crippen LogP contribution in [0.2, 0.25) is 5.02 Å². The number of ether oxygens (including phenoxy) is 2. The highest BCUT2D eigenvalue weighted by Crippen LogP contribution is 2.38. The van der Waals surface area contributed by atoms with Crippen molar-refractivity contribution in [3.05, 3.63) is 58.1 Å². The summed E-state index contributed by atoms with van der Waals surface area (Å²) in [4.78, 5) is 17.8. The molecular formula is C19H15ClN2O3S. The molecule has 1 aliphatic rings. The van der Waals surface area contributed by atoms with Crippen LogP contribution in [-0.4, -0.2) is 24.1 Å². The molecule has 2 heterocycles. The second-order valence-electron chi connectivity index (χ2n) is 5.73. The van der Waals surface area contributed by atoms with Crippen molar-refractivity contribution in [3.63, 3.8) is 0 Å². The van der Waals surface area contributed by atoms with Crippen molar-refractivity contribution < 1.29 is 14.3 Å². The van der Waals surface area contributed by atoms with Gasteiger partial charge in [-0.2, -0.15) is 0 Å². The molecule has 1 aliphatic heterocycles. The number of halogens is 1. The lowest BCUT2D eigenvalue weighted by Gasteiger charge is -2.19. The Morgan fingerprint density at radius 2 is 1.85 bits per heavy atom. The summed E-state index contributed by atoms with van der Waals surface area (Å²) in [6.45, 7) is 2.77. The van der Waals surface area contributed by atoms with E-state index in [-0.39, 0.29) is 5.91 Å². The standard InChI is InChI=1S/C19H15ClN2O3S/c1-11-17(26-19(21-11)12-5-3-2-4-6-12)18(23)22-14-10-16-15(9-13(14)20)24-7-8-25-16/h2-6,9-10H,7-8H2,1H3,(H,22,23). The minimum absolute atomic E-state index is 0.249. The Hall–Kier alpha value is -2.57. The van der Waals surface area contributed by atoms with Crippen LogP contribution in [-0.2, 0) is 0 Å². The number of hydrogen-bond acceptors (Lipinski definition) is 5. The van der Waals surface area contributed by atoms with Crippen molar-refractivity contribution in [2.75, 3.05) is 18.5 Å². The van der Waals surface area contributed by atoms with E-state index >= 15 is 0 Å². The van der Waals surface area contributed by atoms with Crippen molar-refractivity contribution in [2.45, 2.75) is 6.92 Å². The van der Waals surface area contributed by atoms with Crippen molar-refractivity contribution in [1.82, 2.24) is 4.98 Å². The fourth-order valence-electron chi connectivity index (χ4n) is 2.65. The van der Waals surface area contributed by atoms with Crippen LogP contribution in [0.4, 0.5) is 5.69 Å². The third kappa shape index (κ3) is 3.25. The van der Waals surface area contributed by atoms with Crippen LogP contribution in [0.5, 0.6) is 11.5 Å². The average molecular weight is 387 g/mol. The van der Waals surface area contributed by atoms with Gasteiger partial charge in [-0.1, -0.05) is 41.9 Å². The normalized spacial score (nSPS) is 12.7. The summed E-state index contributed by atoms with van der Waals surface area (Å²) >= 11 is 7.62. The number of amides is 1. The molecule has 3 aromatic rings. The number of aryl methyl sites for hydroxylation is 1. The van der Waals surface area contributed by atoms with Gasteiger partial charge >= 0.3 is 0 Å². The summed E-state index contributed by atoms with van der Waals surface area (Å²) in [5.74, 6) is 0.905. The van der Waals surface area contributed by atoms with Crippen molar-refractivity contribution in [1.29, 1.82) is 0 Å². The molecule has 1 aromatic heterocycles. The predicted octanol–water partition coefficient (Wildman–Crippen LogP) is 4.80.